The molecule has 4 rings (SSSR count). The molecule has 0 aliphatic heterocycles. The summed E-state index contributed by atoms with van der Waals surface area (Å²) >= 11 is 0. The molecule has 0 unspecified atom stereocenters. The molecule has 2 aromatic carbocycles. The number of aryl methyl sites for hydroxylation is 1. The number of rotatable bonds is 1. The van der Waals surface area contributed by atoms with Crippen molar-refractivity contribution in [2.45, 2.75) is 6.92 Å². The van der Waals surface area contributed by atoms with Crippen molar-refractivity contribution in [1.82, 2.24) is 9.97 Å². The number of aromatic amines is 1. The smallest absolute Gasteiger partial charge is 0.338 e. The summed E-state index contributed by atoms with van der Waals surface area (Å²) in [6.07, 6.45) is 0. The van der Waals surface area contributed by atoms with E-state index in [9.17, 15) is 9.90 Å². The lowest BCUT2D eigenvalue weighted by atomic mass is 10.0. The fourth-order valence-electron chi connectivity index (χ4n) is 2.85. The Morgan fingerprint density at radius 3 is 2.76 bits per heavy atom. The number of carboxylic acids is 1. The van der Waals surface area contributed by atoms with Crippen LogP contribution in [-0.4, -0.2) is 21.0 Å². The summed E-state index contributed by atoms with van der Waals surface area (Å²) in [5.41, 5.74) is 4.25. The number of fused-ring (bicyclic) bond motifs is 4. The van der Waals surface area contributed by atoms with Crippen molar-refractivity contribution in [3.63, 3.8) is 0 Å². The maximum Gasteiger partial charge on any atom is 0.338 e. The minimum atomic E-state index is -0.942. The third-order valence-electron chi connectivity index (χ3n) is 3.80. The van der Waals surface area contributed by atoms with E-state index in [2.05, 4.69) is 9.97 Å². The van der Waals surface area contributed by atoms with Gasteiger partial charge in [-0.3, -0.25) is 0 Å². The maximum atomic E-state index is 11.7. The van der Waals surface area contributed by atoms with Crippen molar-refractivity contribution < 1.29 is 9.90 Å². The molecule has 0 aliphatic rings. The van der Waals surface area contributed by atoms with Crippen molar-refractivity contribution in [2.24, 2.45) is 0 Å². The van der Waals surface area contributed by atoms with Gasteiger partial charge >= 0.3 is 5.97 Å². The third kappa shape index (κ3) is 1.62. The van der Waals surface area contributed by atoms with E-state index < -0.39 is 5.97 Å². The summed E-state index contributed by atoms with van der Waals surface area (Å²) in [5, 5.41) is 11.2. The van der Waals surface area contributed by atoms with Crippen LogP contribution in [0.3, 0.4) is 0 Å². The number of carboxylic acid groups (broad SMARTS) is 1. The van der Waals surface area contributed by atoms with Gasteiger partial charge in [-0.05, 0) is 24.6 Å². The molecule has 4 aromatic rings. The molecule has 0 amide bonds. The first-order chi connectivity index (χ1) is 10.1. The molecule has 0 spiro atoms. The largest absolute Gasteiger partial charge is 0.478 e. The molecule has 0 radical (unpaired) electrons. The molecular formula is C17H12N2O2. The number of aromatic nitrogens is 2. The molecule has 0 aliphatic carbocycles. The van der Waals surface area contributed by atoms with Crippen molar-refractivity contribution in [1.29, 1.82) is 0 Å². The minimum Gasteiger partial charge on any atom is -0.478 e. The fourth-order valence-corrected chi connectivity index (χ4v) is 2.85. The average Bonchev–Trinajstić information content (AvgIpc) is 2.82. The molecule has 2 heterocycles. The van der Waals surface area contributed by atoms with Crippen LogP contribution in [0.4, 0.5) is 0 Å². The van der Waals surface area contributed by atoms with E-state index in [-0.39, 0.29) is 5.56 Å². The summed E-state index contributed by atoms with van der Waals surface area (Å²) in [7, 11) is 0. The van der Waals surface area contributed by atoms with E-state index in [4.69, 9.17) is 0 Å². The number of hydrogen-bond acceptors (Lipinski definition) is 2. The van der Waals surface area contributed by atoms with Gasteiger partial charge in [0.1, 0.15) is 0 Å². The first kappa shape index (κ1) is 11.9. The number of hydrogen-bond donors (Lipinski definition) is 2. The predicted octanol–water partition coefficient (Wildman–Crippen LogP) is 3.88. The number of aromatic carboxylic acids is 1. The quantitative estimate of drug-likeness (QED) is 0.554. The van der Waals surface area contributed by atoms with Crippen LogP contribution in [0.1, 0.15) is 15.9 Å². The molecule has 2 aromatic heterocycles. The summed E-state index contributed by atoms with van der Waals surface area (Å²) in [4.78, 5) is 19.6. The molecule has 0 fully saturated rings. The first-order valence-corrected chi connectivity index (χ1v) is 6.69. The standard InChI is InChI=1S/C17H12N2O2/c1-9-6-7-10-13(8-9)19-15-11-4-2-3-5-12(11)18-16(15)14(10)17(20)21/h2-8,18H,1H3,(H,20,21). The predicted molar refractivity (Wildman–Crippen MR) is 82.8 cm³/mol. The lowest BCUT2D eigenvalue weighted by Gasteiger charge is -2.05. The molecule has 0 atom stereocenters. The Kier molecular flexibility index (Phi) is 2.30. The van der Waals surface area contributed by atoms with Gasteiger partial charge < -0.3 is 10.1 Å². The van der Waals surface area contributed by atoms with E-state index >= 15 is 0 Å². The lowest BCUT2D eigenvalue weighted by molar-refractivity contribution is 0.0701. The van der Waals surface area contributed by atoms with E-state index in [1.807, 2.05) is 49.4 Å². The van der Waals surface area contributed by atoms with E-state index in [1.165, 1.54) is 0 Å². The summed E-state index contributed by atoms with van der Waals surface area (Å²) in [6.45, 7) is 1.97. The lowest BCUT2D eigenvalue weighted by Crippen LogP contribution is -2.00. The van der Waals surface area contributed by atoms with Crippen molar-refractivity contribution in [3.05, 3.63) is 53.6 Å². The Balaban J connectivity index is 2.32. The van der Waals surface area contributed by atoms with E-state index in [1.54, 1.807) is 0 Å². The Bertz CT molecular complexity index is 1030. The van der Waals surface area contributed by atoms with Gasteiger partial charge in [0.15, 0.2) is 0 Å². The van der Waals surface area contributed by atoms with E-state index in [0.29, 0.717) is 21.9 Å². The second kappa shape index (κ2) is 4.06. The van der Waals surface area contributed by atoms with Gasteiger partial charge in [0.05, 0.1) is 22.1 Å². The van der Waals surface area contributed by atoms with Gasteiger partial charge in [0.25, 0.3) is 0 Å². The van der Waals surface area contributed by atoms with Gasteiger partial charge in [-0.15, -0.1) is 0 Å². The molecule has 2 N–H and O–H groups in total. The highest BCUT2D eigenvalue weighted by Gasteiger charge is 2.18. The Morgan fingerprint density at radius 2 is 1.95 bits per heavy atom. The van der Waals surface area contributed by atoms with Gasteiger partial charge in [0, 0.05) is 16.3 Å². The second-order valence-corrected chi connectivity index (χ2v) is 5.21. The zero-order valence-electron chi connectivity index (χ0n) is 11.3. The number of nitrogens with zero attached hydrogens (tertiary/aromatic N) is 1. The average molecular weight is 276 g/mol. The first-order valence-electron chi connectivity index (χ1n) is 6.69. The van der Waals surface area contributed by atoms with Gasteiger partial charge in [-0.2, -0.15) is 0 Å². The maximum absolute atomic E-state index is 11.7. The van der Waals surface area contributed by atoms with Gasteiger partial charge in [0.2, 0.25) is 0 Å². The molecule has 4 heteroatoms. The normalized spacial score (nSPS) is 11.5. The number of nitrogens with one attached hydrogen (secondary N) is 1. The van der Waals surface area contributed by atoms with Crippen molar-refractivity contribution in [2.75, 3.05) is 0 Å². The molecule has 4 nitrogen and oxygen atoms in total. The third-order valence-corrected chi connectivity index (χ3v) is 3.80. The Hall–Kier alpha value is -2.88. The second-order valence-electron chi connectivity index (χ2n) is 5.21. The minimum absolute atomic E-state index is 0.284. The number of pyridine rings is 1. The van der Waals surface area contributed by atoms with Crippen LogP contribution in [0.25, 0.3) is 32.8 Å². The SMILES string of the molecule is Cc1ccc2c(C(=O)O)c3[nH]c4ccccc4c3nc2c1. The van der Waals surface area contributed by atoms with Gasteiger partial charge in [-0.1, -0.05) is 30.3 Å². The molecule has 0 saturated carbocycles. The highest BCUT2D eigenvalue weighted by molar-refractivity contribution is 6.18. The fraction of sp³-hybridized carbons (Fsp3) is 0.0588. The zero-order chi connectivity index (χ0) is 14.6. The topological polar surface area (TPSA) is 66.0 Å². The van der Waals surface area contributed by atoms with Crippen LogP contribution in [0.15, 0.2) is 42.5 Å². The van der Waals surface area contributed by atoms with Crippen LogP contribution >= 0.6 is 0 Å². The summed E-state index contributed by atoms with van der Waals surface area (Å²) in [6, 6.07) is 13.4. The van der Waals surface area contributed by atoms with Crippen molar-refractivity contribution >= 4 is 38.8 Å². The Morgan fingerprint density at radius 1 is 1.14 bits per heavy atom. The van der Waals surface area contributed by atoms with E-state index in [0.717, 1.165) is 16.5 Å². The molecule has 0 saturated heterocycles. The highest BCUT2D eigenvalue weighted by atomic mass is 16.4. The van der Waals surface area contributed by atoms with Crippen LogP contribution in [0.5, 0.6) is 0 Å². The van der Waals surface area contributed by atoms with Crippen LogP contribution in [0.2, 0.25) is 0 Å². The number of benzene rings is 2. The van der Waals surface area contributed by atoms with Crippen molar-refractivity contribution in [3.8, 4) is 0 Å². The number of carbonyl (C=O) groups is 1. The molecule has 102 valence electrons. The summed E-state index contributed by atoms with van der Waals surface area (Å²) in [5.74, 6) is -0.942. The zero-order valence-corrected chi connectivity index (χ0v) is 11.3. The van der Waals surface area contributed by atoms with Crippen LogP contribution < -0.4 is 0 Å². The summed E-state index contributed by atoms with van der Waals surface area (Å²) < 4.78 is 0. The highest BCUT2D eigenvalue weighted by Crippen LogP contribution is 2.31. The van der Waals surface area contributed by atoms with Gasteiger partial charge in [-0.25, -0.2) is 9.78 Å². The van der Waals surface area contributed by atoms with Crippen LogP contribution in [0, 0.1) is 6.92 Å². The van der Waals surface area contributed by atoms with Crippen LogP contribution in [-0.2, 0) is 0 Å². The number of para-hydroxylation sites is 1. The monoisotopic (exact) mass is 276 g/mol. The Labute approximate surface area is 120 Å². The molecule has 0 bridgehead atoms. The molecule has 21 heavy (non-hydrogen) atoms. The number of H-pyrrole nitrogens is 1. The molecular weight excluding hydrogens is 264 g/mol.